The number of thiazole rings is 1. The molecule has 1 amide bonds. The van der Waals surface area contributed by atoms with Crippen LogP contribution in [-0.4, -0.2) is 27.0 Å². The first-order valence-corrected chi connectivity index (χ1v) is 9.11. The van der Waals surface area contributed by atoms with Crippen LogP contribution in [0.5, 0.6) is 0 Å². The highest BCUT2D eigenvalue weighted by Crippen LogP contribution is 2.21. The number of carbonyl (C=O) groups is 1. The van der Waals surface area contributed by atoms with Crippen molar-refractivity contribution in [3.05, 3.63) is 76.8 Å². The number of rotatable bonds is 5. The molecule has 0 aliphatic rings. The van der Waals surface area contributed by atoms with Crippen LogP contribution in [0.2, 0.25) is 0 Å². The van der Waals surface area contributed by atoms with Crippen molar-refractivity contribution < 1.29 is 13.6 Å². The fraction of sp³-hybridized carbons (Fsp3) is 0.105. The fourth-order valence-electron chi connectivity index (χ4n) is 2.68. The van der Waals surface area contributed by atoms with Gasteiger partial charge in [-0.3, -0.25) is 4.79 Å². The minimum atomic E-state index is -0.449. The van der Waals surface area contributed by atoms with E-state index in [4.69, 9.17) is 0 Å². The molecule has 27 heavy (non-hydrogen) atoms. The first-order chi connectivity index (χ1) is 13.1. The van der Waals surface area contributed by atoms with Gasteiger partial charge in [-0.1, -0.05) is 18.2 Å². The van der Waals surface area contributed by atoms with Gasteiger partial charge < -0.3 is 5.32 Å². The number of carbonyl (C=O) groups excluding carboxylic acids is 1. The molecule has 0 fully saturated rings. The van der Waals surface area contributed by atoms with Crippen molar-refractivity contribution in [3.8, 4) is 11.4 Å². The second kappa shape index (κ2) is 7.24. The lowest BCUT2D eigenvalue weighted by atomic mass is 10.2. The van der Waals surface area contributed by atoms with E-state index in [-0.39, 0.29) is 17.3 Å². The van der Waals surface area contributed by atoms with E-state index < -0.39 is 5.82 Å². The molecule has 1 N–H and O–H groups in total. The summed E-state index contributed by atoms with van der Waals surface area (Å²) >= 11 is 1.42. The van der Waals surface area contributed by atoms with Crippen molar-refractivity contribution in [1.29, 1.82) is 0 Å². The summed E-state index contributed by atoms with van der Waals surface area (Å²) in [6, 6.07) is 11.7. The van der Waals surface area contributed by atoms with Crippen LogP contribution in [0.15, 0.2) is 53.9 Å². The number of fused-ring (bicyclic) bond motifs is 1. The first kappa shape index (κ1) is 17.3. The minimum Gasteiger partial charge on any atom is -0.352 e. The summed E-state index contributed by atoms with van der Waals surface area (Å²) < 4.78 is 28.3. The molecular formula is C19H14F2N4OS. The Labute approximate surface area is 157 Å². The van der Waals surface area contributed by atoms with Crippen LogP contribution >= 0.6 is 11.3 Å². The molecule has 5 nitrogen and oxygen atoms in total. The van der Waals surface area contributed by atoms with Crippen LogP contribution < -0.4 is 5.32 Å². The van der Waals surface area contributed by atoms with Gasteiger partial charge in [0.25, 0.3) is 5.91 Å². The summed E-state index contributed by atoms with van der Waals surface area (Å²) in [5, 5.41) is 9.12. The molecule has 2 heterocycles. The van der Waals surface area contributed by atoms with Gasteiger partial charge in [0.15, 0.2) is 5.82 Å². The maximum atomic E-state index is 13.4. The van der Waals surface area contributed by atoms with Crippen molar-refractivity contribution in [3.63, 3.8) is 0 Å². The number of nitrogens with zero attached hydrogens (tertiary/aromatic N) is 3. The van der Waals surface area contributed by atoms with E-state index >= 15 is 0 Å². The quantitative estimate of drug-likeness (QED) is 0.571. The Balaban J connectivity index is 1.46. The molecule has 0 bridgehead atoms. The Morgan fingerprint density at radius 3 is 2.67 bits per heavy atom. The third-order valence-electron chi connectivity index (χ3n) is 3.99. The van der Waals surface area contributed by atoms with Gasteiger partial charge in [0.1, 0.15) is 11.6 Å². The molecule has 0 radical (unpaired) electrons. The maximum Gasteiger partial charge on any atom is 0.251 e. The van der Waals surface area contributed by atoms with Crippen molar-refractivity contribution in [2.24, 2.45) is 0 Å². The molecule has 0 saturated carbocycles. The summed E-state index contributed by atoms with van der Waals surface area (Å²) in [4.78, 5) is 17.2. The Kier molecular flexibility index (Phi) is 4.64. The lowest BCUT2D eigenvalue weighted by Crippen LogP contribution is -2.26. The summed E-state index contributed by atoms with van der Waals surface area (Å²) in [5.74, 6) is -0.674. The summed E-state index contributed by atoms with van der Waals surface area (Å²) in [7, 11) is 0. The Morgan fingerprint density at radius 2 is 1.89 bits per heavy atom. The van der Waals surface area contributed by atoms with Gasteiger partial charge in [-0.05, 0) is 30.3 Å². The van der Waals surface area contributed by atoms with Gasteiger partial charge >= 0.3 is 0 Å². The molecule has 0 atom stereocenters. The van der Waals surface area contributed by atoms with E-state index in [0.717, 1.165) is 5.69 Å². The monoisotopic (exact) mass is 384 g/mol. The molecular weight excluding hydrogens is 370 g/mol. The van der Waals surface area contributed by atoms with Gasteiger partial charge in [-0.25, -0.2) is 13.3 Å². The molecule has 0 aliphatic heterocycles. The zero-order valence-corrected chi connectivity index (χ0v) is 14.8. The number of benzene rings is 2. The summed E-state index contributed by atoms with van der Waals surface area (Å²) in [5.41, 5.74) is 1.76. The highest BCUT2D eigenvalue weighted by atomic mass is 32.1. The third kappa shape index (κ3) is 3.70. The van der Waals surface area contributed by atoms with E-state index in [2.05, 4.69) is 15.4 Å². The first-order valence-electron chi connectivity index (χ1n) is 8.23. The number of amides is 1. The van der Waals surface area contributed by atoms with Crippen molar-refractivity contribution in [2.45, 2.75) is 6.42 Å². The average Bonchev–Trinajstić information content (AvgIpc) is 3.23. The van der Waals surface area contributed by atoms with Crippen LogP contribution in [-0.2, 0) is 6.42 Å². The molecule has 4 rings (SSSR count). The van der Waals surface area contributed by atoms with Gasteiger partial charge in [-0.15, -0.1) is 16.4 Å². The number of halogens is 2. The van der Waals surface area contributed by atoms with E-state index in [1.54, 1.807) is 22.7 Å². The molecule has 0 spiro atoms. The summed E-state index contributed by atoms with van der Waals surface area (Å²) in [6.45, 7) is 0.371. The third-order valence-corrected chi connectivity index (χ3v) is 4.85. The van der Waals surface area contributed by atoms with Crippen LogP contribution in [0.25, 0.3) is 16.3 Å². The number of hydrogen-bond donors (Lipinski definition) is 1. The van der Waals surface area contributed by atoms with Crippen LogP contribution in [0.1, 0.15) is 16.1 Å². The highest BCUT2D eigenvalue weighted by molar-refractivity contribution is 7.15. The molecule has 136 valence electrons. The topological polar surface area (TPSA) is 59.3 Å². The second-order valence-electron chi connectivity index (χ2n) is 5.88. The lowest BCUT2D eigenvalue weighted by Gasteiger charge is -2.04. The van der Waals surface area contributed by atoms with Crippen LogP contribution in [0.4, 0.5) is 8.78 Å². The maximum absolute atomic E-state index is 13.4. The van der Waals surface area contributed by atoms with E-state index in [9.17, 15) is 13.6 Å². The standard InChI is InChI=1S/C19H14F2N4OS/c20-14-5-1-3-12(9-14)17-23-19-25(24-17)16(11-27-19)7-8-22-18(26)13-4-2-6-15(21)10-13/h1-6,9-11H,7-8H2,(H,22,26). The van der Waals surface area contributed by atoms with Crippen LogP contribution in [0, 0.1) is 11.6 Å². The van der Waals surface area contributed by atoms with E-state index in [1.165, 1.54) is 41.7 Å². The summed E-state index contributed by atoms with van der Waals surface area (Å²) in [6.07, 6.45) is 0.535. The van der Waals surface area contributed by atoms with Crippen LogP contribution in [0.3, 0.4) is 0 Å². The molecule has 4 aromatic rings. The van der Waals surface area contributed by atoms with Crippen molar-refractivity contribution in [1.82, 2.24) is 19.9 Å². The predicted octanol–water partition coefficient (Wildman–Crippen LogP) is 3.71. The normalized spacial score (nSPS) is 11.0. The number of hydrogen-bond acceptors (Lipinski definition) is 4. The second-order valence-corrected chi connectivity index (χ2v) is 6.72. The predicted molar refractivity (Wildman–Crippen MR) is 98.7 cm³/mol. The molecule has 0 saturated heterocycles. The lowest BCUT2D eigenvalue weighted by molar-refractivity contribution is 0.0953. The fourth-order valence-corrected chi connectivity index (χ4v) is 3.54. The average molecular weight is 384 g/mol. The van der Waals surface area contributed by atoms with Gasteiger partial charge in [0.05, 0.1) is 5.69 Å². The molecule has 0 unspecified atom stereocenters. The van der Waals surface area contributed by atoms with Crippen molar-refractivity contribution >= 4 is 22.2 Å². The molecule has 2 aromatic carbocycles. The number of aromatic nitrogens is 3. The Morgan fingerprint density at radius 1 is 1.11 bits per heavy atom. The zero-order valence-electron chi connectivity index (χ0n) is 14.0. The SMILES string of the molecule is O=C(NCCc1csc2nc(-c3cccc(F)c3)nn12)c1cccc(F)c1. The Hall–Kier alpha value is -3.13. The van der Waals surface area contributed by atoms with Gasteiger partial charge in [0.2, 0.25) is 4.96 Å². The van der Waals surface area contributed by atoms with E-state index in [1.807, 2.05) is 5.38 Å². The van der Waals surface area contributed by atoms with Gasteiger partial charge in [0, 0.05) is 29.5 Å². The molecule has 2 aromatic heterocycles. The smallest absolute Gasteiger partial charge is 0.251 e. The largest absolute Gasteiger partial charge is 0.352 e. The van der Waals surface area contributed by atoms with E-state index in [0.29, 0.717) is 29.3 Å². The zero-order chi connectivity index (χ0) is 18.8. The molecule has 0 aliphatic carbocycles. The molecule has 8 heteroatoms. The number of nitrogens with one attached hydrogen (secondary N) is 1. The Bertz CT molecular complexity index is 1120. The highest BCUT2D eigenvalue weighted by Gasteiger charge is 2.12. The van der Waals surface area contributed by atoms with Crippen molar-refractivity contribution in [2.75, 3.05) is 6.54 Å². The van der Waals surface area contributed by atoms with Gasteiger partial charge in [-0.2, -0.15) is 4.98 Å². The minimum absolute atomic E-state index is 0.277.